The summed E-state index contributed by atoms with van der Waals surface area (Å²) in [5.74, 6) is 0. The normalized spacial score (nSPS) is 11.7. The van der Waals surface area contributed by atoms with E-state index in [1.165, 1.54) is 12.1 Å². The van der Waals surface area contributed by atoms with E-state index in [0.29, 0.717) is 5.02 Å². The molecule has 0 heterocycles. The molecule has 0 aliphatic rings. The Morgan fingerprint density at radius 2 is 1.61 bits per heavy atom. The summed E-state index contributed by atoms with van der Waals surface area (Å²) in [5.41, 5.74) is 0.866. The van der Waals surface area contributed by atoms with Gasteiger partial charge in [0.25, 0.3) is 0 Å². The molecule has 0 fully saturated rings. The second-order valence-corrected chi connectivity index (χ2v) is 7.66. The Morgan fingerprint density at radius 3 is 2.39 bits per heavy atom. The number of fused-ring (bicyclic) bond motifs is 1. The van der Waals surface area contributed by atoms with Gasteiger partial charge in [-0.3, -0.25) is 0 Å². The summed E-state index contributed by atoms with van der Waals surface area (Å²) in [6, 6.07) is 18.1. The van der Waals surface area contributed by atoms with E-state index in [4.69, 9.17) is 23.2 Å². The monoisotopic (exact) mass is 365 g/mol. The van der Waals surface area contributed by atoms with E-state index in [1.54, 1.807) is 6.07 Å². The van der Waals surface area contributed by atoms with Crippen LogP contribution in [0.2, 0.25) is 10.0 Å². The van der Waals surface area contributed by atoms with Crippen molar-refractivity contribution in [3.8, 4) is 0 Å². The molecular formula is C17H13Cl2NO2S. The van der Waals surface area contributed by atoms with Crippen molar-refractivity contribution in [1.82, 2.24) is 4.72 Å². The number of hydrogen-bond acceptors (Lipinski definition) is 2. The Hall–Kier alpha value is -1.59. The highest BCUT2D eigenvalue weighted by Crippen LogP contribution is 2.25. The molecule has 0 bridgehead atoms. The minimum atomic E-state index is -3.73. The summed E-state index contributed by atoms with van der Waals surface area (Å²) >= 11 is 11.8. The quantitative estimate of drug-likeness (QED) is 0.732. The van der Waals surface area contributed by atoms with Crippen molar-refractivity contribution in [2.75, 3.05) is 0 Å². The highest BCUT2D eigenvalue weighted by Gasteiger charge is 2.18. The van der Waals surface area contributed by atoms with Gasteiger partial charge in [-0.2, -0.15) is 0 Å². The predicted octanol–water partition coefficient (Wildman–Crippen LogP) is 4.63. The van der Waals surface area contributed by atoms with Crippen molar-refractivity contribution in [3.05, 3.63) is 76.3 Å². The van der Waals surface area contributed by atoms with Gasteiger partial charge in [0.2, 0.25) is 10.0 Å². The molecule has 0 saturated carbocycles. The highest BCUT2D eigenvalue weighted by molar-refractivity contribution is 7.89. The lowest BCUT2D eigenvalue weighted by atomic mass is 10.1. The molecule has 0 aromatic heterocycles. The van der Waals surface area contributed by atoms with Gasteiger partial charge in [-0.15, -0.1) is 0 Å². The molecule has 23 heavy (non-hydrogen) atoms. The Labute approximate surface area is 144 Å². The summed E-state index contributed by atoms with van der Waals surface area (Å²) in [7, 11) is -3.73. The lowest BCUT2D eigenvalue weighted by molar-refractivity contribution is 0.581. The van der Waals surface area contributed by atoms with Crippen LogP contribution in [0.3, 0.4) is 0 Å². The molecule has 3 rings (SSSR count). The lowest BCUT2D eigenvalue weighted by Gasteiger charge is -2.09. The molecule has 0 saturated heterocycles. The molecule has 0 atom stereocenters. The van der Waals surface area contributed by atoms with Crippen LogP contribution in [0.1, 0.15) is 5.56 Å². The zero-order valence-corrected chi connectivity index (χ0v) is 14.3. The number of hydrogen-bond donors (Lipinski definition) is 1. The molecular weight excluding hydrogens is 353 g/mol. The fourth-order valence-corrected chi connectivity index (χ4v) is 4.07. The molecule has 1 N–H and O–H groups in total. The standard InChI is InChI=1S/C17H13Cl2NO2S/c18-15-7-8-16(19)17(10-15)23(21,22)20-11-12-5-6-13-3-1-2-4-14(13)9-12/h1-10,20H,11H2. The molecule has 3 aromatic carbocycles. The first-order valence-corrected chi connectivity index (χ1v) is 9.12. The molecule has 0 spiro atoms. The van der Waals surface area contributed by atoms with E-state index in [9.17, 15) is 8.42 Å². The van der Waals surface area contributed by atoms with Crippen LogP contribution in [-0.4, -0.2) is 8.42 Å². The number of halogens is 2. The second kappa shape index (κ2) is 6.49. The molecule has 0 amide bonds. The van der Waals surface area contributed by atoms with Gasteiger partial charge in [-0.1, -0.05) is 59.6 Å². The van der Waals surface area contributed by atoms with Crippen LogP contribution in [0.15, 0.2) is 65.6 Å². The van der Waals surface area contributed by atoms with Gasteiger partial charge in [-0.05, 0) is 40.6 Å². The smallest absolute Gasteiger partial charge is 0.207 e. The zero-order valence-electron chi connectivity index (χ0n) is 12.0. The highest BCUT2D eigenvalue weighted by atomic mass is 35.5. The van der Waals surface area contributed by atoms with Crippen molar-refractivity contribution >= 4 is 44.0 Å². The fourth-order valence-electron chi connectivity index (χ4n) is 2.29. The van der Waals surface area contributed by atoms with Crippen LogP contribution in [0, 0.1) is 0 Å². The summed E-state index contributed by atoms with van der Waals surface area (Å²) in [5, 5.41) is 2.63. The van der Waals surface area contributed by atoms with Gasteiger partial charge < -0.3 is 0 Å². The summed E-state index contributed by atoms with van der Waals surface area (Å²) in [4.78, 5) is -0.0209. The van der Waals surface area contributed by atoms with Crippen molar-refractivity contribution in [2.24, 2.45) is 0 Å². The molecule has 3 nitrogen and oxygen atoms in total. The topological polar surface area (TPSA) is 46.2 Å². The fraction of sp³-hybridized carbons (Fsp3) is 0.0588. The van der Waals surface area contributed by atoms with Crippen molar-refractivity contribution < 1.29 is 8.42 Å². The van der Waals surface area contributed by atoms with Gasteiger partial charge >= 0.3 is 0 Å². The third-order valence-electron chi connectivity index (χ3n) is 3.46. The second-order valence-electron chi connectivity index (χ2n) is 5.08. The van der Waals surface area contributed by atoms with Gasteiger partial charge in [-0.25, -0.2) is 13.1 Å². The van der Waals surface area contributed by atoms with Crippen LogP contribution in [0.5, 0.6) is 0 Å². The van der Waals surface area contributed by atoms with Crippen LogP contribution >= 0.6 is 23.2 Å². The van der Waals surface area contributed by atoms with Crippen LogP contribution in [-0.2, 0) is 16.6 Å². The molecule has 0 unspecified atom stereocenters. The predicted molar refractivity (Wildman–Crippen MR) is 94.4 cm³/mol. The summed E-state index contributed by atoms with van der Waals surface area (Å²) < 4.78 is 27.3. The number of rotatable bonds is 4. The summed E-state index contributed by atoms with van der Waals surface area (Å²) in [6.45, 7) is 0.177. The number of benzene rings is 3. The first-order valence-electron chi connectivity index (χ1n) is 6.88. The first kappa shape index (κ1) is 16.3. The summed E-state index contributed by atoms with van der Waals surface area (Å²) in [6.07, 6.45) is 0. The molecule has 118 valence electrons. The number of sulfonamides is 1. The minimum absolute atomic E-state index is 0.0209. The lowest BCUT2D eigenvalue weighted by Crippen LogP contribution is -2.23. The Balaban J connectivity index is 1.84. The Bertz CT molecular complexity index is 971. The van der Waals surface area contributed by atoms with Gasteiger partial charge in [0.05, 0.1) is 5.02 Å². The maximum Gasteiger partial charge on any atom is 0.242 e. The van der Waals surface area contributed by atoms with E-state index in [2.05, 4.69) is 4.72 Å². The van der Waals surface area contributed by atoms with Gasteiger partial charge in [0.1, 0.15) is 4.90 Å². The van der Waals surface area contributed by atoms with E-state index in [1.807, 2.05) is 42.5 Å². The molecule has 6 heteroatoms. The minimum Gasteiger partial charge on any atom is -0.207 e. The van der Waals surface area contributed by atoms with Gasteiger partial charge in [0.15, 0.2) is 0 Å². The maximum atomic E-state index is 12.4. The first-order chi connectivity index (χ1) is 11.0. The number of nitrogens with one attached hydrogen (secondary N) is 1. The van der Waals surface area contributed by atoms with E-state index in [0.717, 1.165) is 16.3 Å². The van der Waals surface area contributed by atoms with Crippen molar-refractivity contribution in [2.45, 2.75) is 11.4 Å². The SMILES string of the molecule is O=S(=O)(NCc1ccc2ccccc2c1)c1cc(Cl)ccc1Cl. The Kier molecular flexibility index (Phi) is 4.60. The molecule has 0 aliphatic heterocycles. The van der Waals surface area contributed by atoms with E-state index in [-0.39, 0.29) is 16.5 Å². The third-order valence-corrected chi connectivity index (χ3v) is 5.58. The zero-order chi connectivity index (χ0) is 16.4. The largest absolute Gasteiger partial charge is 0.242 e. The Morgan fingerprint density at radius 1 is 0.870 bits per heavy atom. The molecule has 3 aromatic rings. The maximum absolute atomic E-state index is 12.4. The van der Waals surface area contributed by atoms with Crippen molar-refractivity contribution in [3.63, 3.8) is 0 Å². The van der Waals surface area contributed by atoms with Crippen LogP contribution < -0.4 is 4.72 Å². The third kappa shape index (κ3) is 3.67. The van der Waals surface area contributed by atoms with Crippen LogP contribution in [0.4, 0.5) is 0 Å². The van der Waals surface area contributed by atoms with Gasteiger partial charge in [0, 0.05) is 11.6 Å². The van der Waals surface area contributed by atoms with Crippen molar-refractivity contribution in [1.29, 1.82) is 0 Å². The van der Waals surface area contributed by atoms with E-state index >= 15 is 0 Å². The molecule has 0 aliphatic carbocycles. The average Bonchev–Trinajstić information content (AvgIpc) is 2.55. The van der Waals surface area contributed by atoms with E-state index < -0.39 is 10.0 Å². The average molecular weight is 366 g/mol. The molecule has 0 radical (unpaired) electrons. The van der Waals surface area contributed by atoms with Crippen LogP contribution in [0.25, 0.3) is 10.8 Å².